The number of carbonyl (C=O) groups is 1. The van der Waals surface area contributed by atoms with Crippen molar-refractivity contribution in [2.45, 2.75) is 38.2 Å². The smallest absolute Gasteiger partial charge is 0.306 e. The highest BCUT2D eigenvalue weighted by atomic mass is 127. The molecule has 0 radical (unpaired) electrons. The molecule has 2 aliphatic rings. The lowest BCUT2D eigenvalue weighted by Gasteiger charge is -2.32. The van der Waals surface area contributed by atoms with Crippen LogP contribution in [-0.4, -0.2) is 16.0 Å². The minimum absolute atomic E-state index is 0.00285. The molecule has 0 spiro atoms. The fourth-order valence-corrected chi connectivity index (χ4v) is 4.46. The van der Waals surface area contributed by atoms with E-state index in [0.29, 0.717) is 18.3 Å². The summed E-state index contributed by atoms with van der Waals surface area (Å²) < 4.78 is 6.58. The van der Waals surface area contributed by atoms with Gasteiger partial charge in [0.15, 0.2) is 0 Å². The average Bonchev–Trinajstić information content (AvgIpc) is 2.62. The summed E-state index contributed by atoms with van der Waals surface area (Å²) in [6.07, 6.45) is 3.98. The minimum Gasteiger partial charge on any atom is -0.458 e. The van der Waals surface area contributed by atoms with Gasteiger partial charge in [0.05, 0.1) is 6.42 Å². The Morgan fingerprint density at radius 1 is 1.67 bits per heavy atom. The second-order valence-electron chi connectivity index (χ2n) is 4.90. The summed E-state index contributed by atoms with van der Waals surface area (Å²) in [5, 5.41) is 0. The number of carbonyl (C=O) groups excluding carboxylic acids is 1. The van der Waals surface area contributed by atoms with Crippen LogP contribution < -0.4 is 0 Å². The van der Waals surface area contributed by atoms with E-state index in [-0.39, 0.29) is 11.6 Å². The molecule has 3 heteroatoms. The second-order valence-corrected chi connectivity index (χ2v) is 5.66. The molecule has 1 saturated carbocycles. The summed E-state index contributed by atoms with van der Waals surface area (Å²) in [6, 6.07) is 0. The van der Waals surface area contributed by atoms with Gasteiger partial charge in [-0.3, -0.25) is 4.79 Å². The average molecular weight is 320 g/mol. The Bertz CT molecular complexity index is 300. The van der Waals surface area contributed by atoms with E-state index in [1.54, 1.807) is 0 Å². The zero-order valence-electron chi connectivity index (χ0n) is 9.09. The van der Waals surface area contributed by atoms with Crippen molar-refractivity contribution in [3.8, 4) is 0 Å². The van der Waals surface area contributed by atoms with Crippen LogP contribution in [0.2, 0.25) is 0 Å². The van der Waals surface area contributed by atoms with Crippen LogP contribution in [0.4, 0.5) is 0 Å². The lowest BCUT2D eigenvalue weighted by molar-refractivity contribution is -0.150. The van der Waals surface area contributed by atoms with E-state index in [4.69, 9.17) is 4.74 Å². The number of hydrogen-bond acceptors (Lipinski definition) is 2. The van der Waals surface area contributed by atoms with Gasteiger partial charge in [0.1, 0.15) is 5.60 Å². The maximum atomic E-state index is 11.4. The van der Waals surface area contributed by atoms with Crippen LogP contribution in [0.5, 0.6) is 0 Å². The molecule has 2 fully saturated rings. The molecule has 0 aromatic heterocycles. The zero-order valence-corrected chi connectivity index (χ0v) is 11.2. The Labute approximate surface area is 105 Å². The normalized spacial score (nSPS) is 38.9. The Balaban J connectivity index is 2.20. The monoisotopic (exact) mass is 320 g/mol. The molecule has 2 nitrogen and oxygen atoms in total. The van der Waals surface area contributed by atoms with E-state index in [2.05, 4.69) is 36.1 Å². The van der Waals surface area contributed by atoms with Gasteiger partial charge in [-0.05, 0) is 26.2 Å². The van der Waals surface area contributed by atoms with Crippen molar-refractivity contribution in [3.63, 3.8) is 0 Å². The predicted octanol–water partition coefficient (Wildman–Crippen LogP) is 3.10. The maximum absolute atomic E-state index is 11.4. The van der Waals surface area contributed by atoms with Crippen LogP contribution >= 0.6 is 22.6 Å². The van der Waals surface area contributed by atoms with Gasteiger partial charge in [0.25, 0.3) is 0 Å². The first-order chi connectivity index (χ1) is 7.08. The highest BCUT2D eigenvalue weighted by molar-refractivity contribution is 14.1. The maximum Gasteiger partial charge on any atom is 0.306 e. The fourth-order valence-electron chi connectivity index (χ4n) is 3.06. The molecule has 3 unspecified atom stereocenters. The number of ether oxygens (including phenoxy) is 1. The van der Waals surface area contributed by atoms with E-state index < -0.39 is 0 Å². The number of esters is 1. The molecule has 15 heavy (non-hydrogen) atoms. The Kier molecular flexibility index (Phi) is 3.10. The highest BCUT2D eigenvalue weighted by Gasteiger charge is 2.56. The van der Waals surface area contributed by atoms with Gasteiger partial charge in [-0.2, -0.15) is 0 Å². The standard InChI is InChI=1S/C12H17IO2/c1-8(2)5-9-3-4-10-6-11(14)15-12(9,10)7-13/h9-10H,1,3-7H2,2H3. The Hall–Kier alpha value is -0.0600. The van der Waals surface area contributed by atoms with Crippen molar-refractivity contribution in [1.29, 1.82) is 0 Å². The number of hydrogen-bond donors (Lipinski definition) is 0. The molecule has 1 heterocycles. The molecule has 1 aliphatic heterocycles. The highest BCUT2D eigenvalue weighted by Crippen LogP contribution is 2.52. The van der Waals surface area contributed by atoms with Crippen molar-refractivity contribution in [2.75, 3.05) is 4.43 Å². The molecule has 0 amide bonds. The number of rotatable bonds is 3. The number of halogens is 1. The first-order valence-corrected chi connectivity index (χ1v) is 7.03. The molecular weight excluding hydrogens is 303 g/mol. The van der Waals surface area contributed by atoms with Gasteiger partial charge >= 0.3 is 5.97 Å². The molecule has 0 N–H and O–H groups in total. The quantitative estimate of drug-likeness (QED) is 0.346. The molecule has 0 aromatic carbocycles. The fraction of sp³-hybridized carbons (Fsp3) is 0.750. The topological polar surface area (TPSA) is 26.3 Å². The van der Waals surface area contributed by atoms with Crippen LogP contribution in [-0.2, 0) is 9.53 Å². The molecule has 3 atom stereocenters. The van der Waals surface area contributed by atoms with Crippen LogP contribution in [0.3, 0.4) is 0 Å². The van der Waals surface area contributed by atoms with Crippen molar-refractivity contribution >= 4 is 28.6 Å². The lowest BCUT2D eigenvalue weighted by atomic mass is 9.83. The van der Waals surface area contributed by atoms with Crippen LogP contribution in [0.25, 0.3) is 0 Å². The first kappa shape index (κ1) is 11.4. The second kappa shape index (κ2) is 4.07. The van der Waals surface area contributed by atoms with Crippen molar-refractivity contribution in [1.82, 2.24) is 0 Å². The van der Waals surface area contributed by atoms with Crippen LogP contribution in [0.1, 0.15) is 32.6 Å². The third-order valence-corrected chi connectivity index (χ3v) is 4.96. The van der Waals surface area contributed by atoms with Gasteiger partial charge in [-0.15, -0.1) is 6.58 Å². The summed E-state index contributed by atoms with van der Waals surface area (Å²) in [6.45, 7) is 6.03. The molecule has 0 aromatic rings. The SMILES string of the molecule is C=C(C)CC1CCC2CC(=O)OC12CI. The molecule has 0 bridgehead atoms. The summed E-state index contributed by atoms with van der Waals surface area (Å²) in [5.41, 5.74) is 1.05. The van der Waals surface area contributed by atoms with Gasteiger partial charge in [-0.1, -0.05) is 28.2 Å². The predicted molar refractivity (Wildman–Crippen MR) is 68.0 cm³/mol. The Morgan fingerprint density at radius 3 is 3.00 bits per heavy atom. The lowest BCUT2D eigenvalue weighted by Crippen LogP contribution is -2.40. The minimum atomic E-state index is -0.156. The molecule has 1 saturated heterocycles. The third-order valence-electron chi connectivity index (χ3n) is 3.77. The van der Waals surface area contributed by atoms with E-state index in [9.17, 15) is 4.79 Å². The van der Waals surface area contributed by atoms with Gasteiger partial charge in [-0.25, -0.2) is 0 Å². The first-order valence-electron chi connectivity index (χ1n) is 5.50. The number of allylic oxidation sites excluding steroid dienone is 1. The van der Waals surface area contributed by atoms with Crippen molar-refractivity contribution in [2.24, 2.45) is 11.8 Å². The van der Waals surface area contributed by atoms with E-state index >= 15 is 0 Å². The zero-order chi connectivity index (χ0) is 11.1. The summed E-state index contributed by atoms with van der Waals surface area (Å²) in [7, 11) is 0. The molecule has 2 rings (SSSR count). The summed E-state index contributed by atoms with van der Waals surface area (Å²) in [4.78, 5) is 11.4. The Morgan fingerprint density at radius 2 is 2.40 bits per heavy atom. The molecule has 84 valence electrons. The summed E-state index contributed by atoms with van der Waals surface area (Å²) >= 11 is 2.36. The number of alkyl halides is 1. The van der Waals surface area contributed by atoms with E-state index in [1.807, 2.05) is 0 Å². The van der Waals surface area contributed by atoms with Crippen LogP contribution in [0.15, 0.2) is 12.2 Å². The van der Waals surface area contributed by atoms with E-state index in [0.717, 1.165) is 17.3 Å². The molecule has 1 aliphatic carbocycles. The number of fused-ring (bicyclic) bond motifs is 1. The van der Waals surface area contributed by atoms with Gasteiger partial charge in [0, 0.05) is 16.3 Å². The largest absolute Gasteiger partial charge is 0.458 e. The van der Waals surface area contributed by atoms with Crippen molar-refractivity contribution in [3.05, 3.63) is 12.2 Å². The van der Waals surface area contributed by atoms with Crippen molar-refractivity contribution < 1.29 is 9.53 Å². The van der Waals surface area contributed by atoms with E-state index in [1.165, 1.54) is 12.0 Å². The van der Waals surface area contributed by atoms with Gasteiger partial charge in [0.2, 0.25) is 0 Å². The summed E-state index contributed by atoms with van der Waals surface area (Å²) in [5.74, 6) is 0.970. The third kappa shape index (κ3) is 1.83. The van der Waals surface area contributed by atoms with Gasteiger partial charge < -0.3 is 4.74 Å². The van der Waals surface area contributed by atoms with Crippen LogP contribution in [0, 0.1) is 11.8 Å². The molecular formula is C12H17IO2.